The molecular formula is C15H21BrN2O2S. The zero-order valence-electron chi connectivity index (χ0n) is 12.8. The predicted molar refractivity (Wildman–Crippen MR) is 88.3 cm³/mol. The summed E-state index contributed by atoms with van der Waals surface area (Å²) < 4.78 is 1.08. The number of thiophene rings is 1. The molecule has 2 unspecified atom stereocenters. The van der Waals surface area contributed by atoms with Gasteiger partial charge in [-0.15, -0.1) is 11.3 Å². The van der Waals surface area contributed by atoms with Crippen LogP contribution >= 0.6 is 27.3 Å². The lowest BCUT2D eigenvalue weighted by Crippen LogP contribution is -2.66. The SMILES string of the molecule is CC1C(=O)NC(C(C)(C)C)C(=O)N1CCc1ccc(Br)s1. The molecule has 116 valence electrons. The Kier molecular flexibility index (Phi) is 4.78. The van der Waals surface area contributed by atoms with Gasteiger partial charge in [0.25, 0.3) is 0 Å². The van der Waals surface area contributed by atoms with Crippen molar-refractivity contribution in [1.82, 2.24) is 10.2 Å². The first-order valence-corrected chi connectivity index (χ1v) is 8.66. The molecular weight excluding hydrogens is 352 g/mol. The fourth-order valence-electron chi connectivity index (χ4n) is 2.43. The quantitative estimate of drug-likeness (QED) is 0.886. The molecule has 0 bridgehead atoms. The van der Waals surface area contributed by atoms with Gasteiger partial charge in [-0.05, 0) is 46.8 Å². The Morgan fingerprint density at radius 3 is 2.52 bits per heavy atom. The van der Waals surface area contributed by atoms with Gasteiger partial charge >= 0.3 is 0 Å². The number of carbonyl (C=O) groups excluding carboxylic acids is 2. The minimum Gasteiger partial charge on any atom is -0.342 e. The van der Waals surface area contributed by atoms with Gasteiger partial charge in [-0.2, -0.15) is 0 Å². The lowest BCUT2D eigenvalue weighted by molar-refractivity contribution is -0.151. The summed E-state index contributed by atoms with van der Waals surface area (Å²) in [5, 5.41) is 2.85. The molecule has 1 fully saturated rings. The van der Waals surface area contributed by atoms with E-state index in [2.05, 4.69) is 27.3 Å². The average molecular weight is 373 g/mol. The fraction of sp³-hybridized carbons (Fsp3) is 0.600. The van der Waals surface area contributed by atoms with Gasteiger partial charge in [-0.25, -0.2) is 0 Å². The van der Waals surface area contributed by atoms with Crippen molar-refractivity contribution in [2.45, 2.75) is 46.2 Å². The molecule has 0 aromatic carbocycles. The van der Waals surface area contributed by atoms with Gasteiger partial charge in [0.05, 0.1) is 3.79 Å². The van der Waals surface area contributed by atoms with Crippen LogP contribution in [-0.4, -0.2) is 35.3 Å². The topological polar surface area (TPSA) is 49.4 Å². The summed E-state index contributed by atoms with van der Waals surface area (Å²) >= 11 is 5.10. The number of rotatable bonds is 3. The van der Waals surface area contributed by atoms with E-state index < -0.39 is 12.1 Å². The molecule has 21 heavy (non-hydrogen) atoms. The third kappa shape index (κ3) is 3.66. The van der Waals surface area contributed by atoms with Crippen molar-refractivity contribution in [1.29, 1.82) is 0 Å². The minimum absolute atomic E-state index is 0.0187. The number of piperazine rings is 1. The first kappa shape index (κ1) is 16.5. The Bertz CT molecular complexity index is 550. The van der Waals surface area contributed by atoms with Crippen molar-refractivity contribution >= 4 is 39.1 Å². The molecule has 1 N–H and O–H groups in total. The second-order valence-corrected chi connectivity index (χ2v) is 9.02. The van der Waals surface area contributed by atoms with Gasteiger partial charge in [0, 0.05) is 11.4 Å². The van der Waals surface area contributed by atoms with E-state index in [1.807, 2.05) is 26.8 Å². The minimum atomic E-state index is -0.448. The summed E-state index contributed by atoms with van der Waals surface area (Å²) in [7, 11) is 0. The van der Waals surface area contributed by atoms with Crippen molar-refractivity contribution in [2.75, 3.05) is 6.54 Å². The number of nitrogens with one attached hydrogen (secondary N) is 1. The van der Waals surface area contributed by atoms with Crippen LogP contribution in [-0.2, 0) is 16.0 Å². The molecule has 1 aliphatic heterocycles. The Morgan fingerprint density at radius 2 is 2.00 bits per heavy atom. The molecule has 0 aliphatic carbocycles. The van der Waals surface area contributed by atoms with Crippen LogP contribution in [0.1, 0.15) is 32.6 Å². The maximum Gasteiger partial charge on any atom is 0.246 e. The van der Waals surface area contributed by atoms with Crippen LogP contribution in [0.3, 0.4) is 0 Å². The highest BCUT2D eigenvalue weighted by atomic mass is 79.9. The normalized spacial score (nSPS) is 23.4. The molecule has 2 rings (SSSR count). The summed E-state index contributed by atoms with van der Waals surface area (Å²) in [6.07, 6.45) is 0.774. The van der Waals surface area contributed by atoms with E-state index in [4.69, 9.17) is 0 Å². The van der Waals surface area contributed by atoms with Gasteiger partial charge < -0.3 is 10.2 Å². The second kappa shape index (κ2) is 6.08. The van der Waals surface area contributed by atoms with Gasteiger partial charge in [0.15, 0.2) is 0 Å². The molecule has 0 spiro atoms. The number of amides is 2. The smallest absolute Gasteiger partial charge is 0.246 e. The molecule has 6 heteroatoms. The zero-order valence-corrected chi connectivity index (χ0v) is 15.2. The van der Waals surface area contributed by atoms with E-state index in [1.165, 1.54) is 4.88 Å². The second-order valence-electron chi connectivity index (χ2n) is 6.47. The van der Waals surface area contributed by atoms with Crippen molar-refractivity contribution in [3.05, 3.63) is 20.8 Å². The Morgan fingerprint density at radius 1 is 1.33 bits per heavy atom. The summed E-state index contributed by atoms with van der Waals surface area (Å²) in [5.41, 5.74) is -0.281. The highest BCUT2D eigenvalue weighted by Gasteiger charge is 2.43. The van der Waals surface area contributed by atoms with E-state index in [1.54, 1.807) is 23.2 Å². The number of hydrogen-bond donors (Lipinski definition) is 1. The third-order valence-corrected chi connectivity index (χ3v) is 5.44. The van der Waals surface area contributed by atoms with Gasteiger partial charge in [0.2, 0.25) is 11.8 Å². The van der Waals surface area contributed by atoms with E-state index in [-0.39, 0.29) is 17.2 Å². The van der Waals surface area contributed by atoms with Crippen LogP contribution in [0.25, 0.3) is 0 Å². The summed E-state index contributed by atoms with van der Waals surface area (Å²) in [5.74, 6) is -0.0490. The number of carbonyl (C=O) groups is 2. The standard InChI is InChI=1S/C15H21BrN2O2S/c1-9-13(19)17-12(15(2,3)4)14(20)18(9)8-7-10-5-6-11(16)21-10/h5-6,9,12H,7-8H2,1-4H3,(H,17,19). The van der Waals surface area contributed by atoms with Crippen LogP contribution in [0.5, 0.6) is 0 Å². The van der Waals surface area contributed by atoms with Crippen LogP contribution in [0.2, 0.25) is 0 Å². The van der Waals surface area contributed by atoms with Crippen LogP contribution < -0.4 is 5.32 Å². The van der Waals surface area contributed by atoms with E-state index in [0.717, 1.165) is 10.2 Å². The Hall–Kier alpha value is -0.880. The maximum absolute atomic E-state index is 12.7. The van der Waals surface area contributed by atoms with Gasteiger partial charge in [-0.3, -0.25) is 9.59 Å². The third-order valence-electron chi connectivity index (χ3n) is 3.76. The molecule has 1 saturated heterocycles. The van der Waals surface area contributed by atoms with E-state index in [0.29, 0.717) is 6.54 Å². The molecule has 1 aromatic rings. The lowest BCUT2D eigenvalue weighted by atomic mass is 9.84. The predicted octanol–water partition coefficient (Wildman–Crippen LogP) is 2.81. The van der Waals surface area contributed by atoms with Crippen molar-refractivity contribution in [2.24, 2.45) is 5.41 Å². The molecule has 1 aromatic heterocycles. The summed E-state index contributed by atoms with van der Waals surface area (Å²) in [4.78, 5) is 27.7. The Balaban J connectivity index is 2.11. The molecule has 1 aliphatic rings. The molecule has 0 saturated carbocycles. The van der Waals surface area contributed by atoms with E-state index in [9.17, 15) is 9.59 Å². The molecule has 2 amide bonds. The van der Waals surface area contributed by atoms with Crippen molar-refractivity contribution < 1.29 is 9.59 Å². The summed E-state index contributed by atoms with van der Waals surface area (Å²) in [6.45, 7) is 8.28. The monoisotopic (exact) mass is 372 g/mol. The van der Waals surface area contributed by atoms with Gasteiger partial charge in [-0.1, -0.05) is 20.8 Å². The first-order chi connectivity index (χ1) is 9.70. The maximum atomic E-state index is 12.7. The number of halogens is 1. The number of nitrogens with zero attached hydrogens (tertiary/aromatic N) is 1. The van der Waals surface area contributed by atoms with Crippen LogP contribution in [0, 0.1) is 5.41 Å². The lowest BCUT2D eigenvalue weighted by Gasteiger charge is -2.42. The highest BCUT2D eigenvalue weighted by molar-refractivity contribution is 9.11. The highest BCUT2D eigenvalue weighted by Crippen LogP contribution is 2.26. The van der Waals surface area contributed by atoms with Crippen LogP contribution in [0.4, 0.5) is 0 Å². The fourth-order valence-corrected chi connectivity index (χ4v) is 3.90. The molecule has 4 nitrogen and oxygen atoms in total. The largest absolute Gasteiger partial charge is 0.342 e. The zero-order chi connectivity index (χ0) is 15.8. The van der Waals surface area contributed by atoms with Gasteiger partial charge in [0.1, 0.15) is 12.1 Å². The average Bonchev–Trinajstić information content (AvgIpc) is 2.78. The molecule has 2 atom stereocenters. The molecule has 0 radical (unpaired) electrons. The van der Waals surface area contributed by atoms with Crippen molar-refractivity contribution in [3.63, 3.8) is 0 Å². The Labute approximate surface area is 138 Å². The van der Waals surface area contributed by atoms with E-state index >= 15 is 0 Å². The number of hydrogen-bond acceptors (Lipinski definition) is 3. The first-order valence-electron chi connectivity index (χ1n) is 7.05. The van der Waals surface area contributed by atoms with Crippen molar-refractivity contribution in [3.8, 4) is 0 Å². The molecule has 2 heterocycles. The van der Waals surface area contributed by atoms with Crippen LogP contribution in [0.15, 0.2) is 15.9 Å². The summed E-state index contributed by atoms with van der Waals surface area (Å²) in [6, 6.07) is 3.21.